The van der Waals surface area contributed by atoms with Gasteiger partial charge in [0.05, 0.1) is 24.1 Å². The van der Waals surface area contributed by atoms with Crippen LogP contribution < -0.4 is 4.74 Å². The van der Waals surface area contributed by atoms with E-state index in [0.717, 1.165) is 48.4 Å². The third kappa shape index (κ3) is 2.05. The average molecular weight is 372 g/mol. The van der Waals surface area contributed by atoms with Crippen molar-refractivity contribution in [2.45, 2.75) is 20.0 Å². The van der Waals surface area contributed by atoms with Crippen LogP contribution in [0.25, 0.3) is 10.9 Å². The van der Waals surface area contributed by atoms with Crippen molar-refractivity contribution in [2.24, 2.45) is 10.8 Å². The van der Waals surface area contributed by atoms with Crippen molar-refractivity contribution in [2.75, 3.05) is 33.3 Å². The molecule has 4 fully saturated rings. The number of aromatic nitrogens is 1. The maximum atomic E-state index is 12.9. The summed E-state index contributed by atoms with van der Waals surface area (Å²) in [5.74, 6) is 1.15. The Labute approximate surface area is 157 Å². The molecule has 0 saturated carbocycles. The molecule has 1 aromatic heterocycles. The van der Waals surface area contributed by atoms with Gasteiger partial charge in [-0.15, -0.1) is 0 Å². The average Bonchev–Trinajstić information content (AvgIpc) is 2.58. The van der Waals surface area contributed by atoms with Crippen LogP contribution in [0.3, 0.4) is 0 Å². The SMILES string of the molecule is COc1cccc2cc(C3N4CC5(C)CN3CC(C)(C4)C5=O)c(Cl)nc12. The predicted octanol–water partition coefficient (Wildman–Crippen LogP) is 3.12. The first-order chi connectivity index (χ1) is 12.3. The lowest BCUT2D eigenvalue weighted by Gasteiger charge is -2.64. The van der Waals surface area contributed by atoms with Crippen molar-refractivity contribution >= 4 is 28.3 Å². The van der Waals surface area contributed by atoms with Crippen molar-refractivity contribution in [3.05, 3.63) is 35.0 Å². The molecule has 0 radical (unpaired) electrons. The van der Waals surface area contributed by atoms with Gasteiger partial charge >= 0.3 is 0 Å². The smallest absolute Gasteiger partial charge is 0.149 e. The summed E-state index contributed by atoms with van der Waals surface area (Å²) in [6.45, 7) is 7.36. The Bertz CT molecular complexity index is 904. The summed E-state index contributed by atoms with van der Waals surface area (Å²) in [6.07, 6.45) is 0.0832. The number of carbonyl (C=O) groups excluding carboxylic acids is 1. The van der Waals surface area contributed by atoms with Gasteiger partial charge in [-0.05, 0) is 12.1 Å². The molecule has 26 heavy (non-hydrogen) atoms. The van der Waals surface area contributed by atoms with Gasteiger partial charge in [-0.2, -0.15) is 0 Å². The van der Waals surface area contributed by atoms with Crippen LogP contribution in [0.5, 0.6) is 5.75 Å². The minimum Gasteiger partial charge on any atom is -0.494 e. The first-order valence-corrected chi connectivity index (χ1v) is 9.39. The molecule has 0 amide bonds. The van der Waals surface area contributed by atoms with Gasteiger partial charge in [0.15, 0.2) is 0 Å². The van der Waals surface area contributed by atoms with Crippen LogP contribution in [-0.4, -0.2) is 53.9 Å². The molecule has 4 aliphatic rings. The number of para-hydroxylation sites is 1. The van der Waals surface area contributed by atoms with E-state index in [1.165, 1.54) is 0 Å². The number of ketones is 1. The third-order valence-electron chi connectivity index (χ3n) is 6.28. The fourth-order valence-corrected chi connectivity index (χ4v) is 5.74. The Morgan fingerprint density at radius 3 is 2.35 bits per heavy atom. The summed E-state index contributed by atoms with van der Waals surface area (Å²) in [7, 11) is 1.64. The number of hydrogen-bond acceptors (Lipinski definition) is 5. The fraction of sp³-hybridized carbons (Fsp3) is 0.500. The zero-order valence-electron chi connectivity index (χ0n) is 15.3. The molecule has 0 N–H and O–H groups in total. The minimum atomic E-state index is -0.276. The second-order valence-electron chi connectivity index (χ2n) is 8.53. The maximum absolute atomic E-state index is 12.9. The van der Waals surface area contributed by atoms with Gasteiger partial charge in [-0.25, -0.2) is 4.98 Å². The van der Waals surface area contributed by atoms with Crippen LogP contribution in [-0.2, 0) is 4.79 Å². The third-order valence-corrected chi connectivity index (χ3v) is 6.59. The molecule has 6 heteroatoms. The second kappa shape index (κ2) is 5.18. The lowest BCUT2D eigenvalue weighted by Crippen LogP contribution is -2.75. The van der Waals surface area contributed by atoms with Crippen molar-refractivity contribution in [3.63, 3.8) is 0 Å². The van der Waals surface area contributed by atoms with E-state index in [4.69, 9.17) is 16.3 Å². The van der Waals surface area contributed by atoms with E-state index in [2.05, 4.69) is 34.7 Å². The van der Waals surface area contributed by atoms with Gasteiger partial charge in [0.1, 0.15) is 22.2 Å². The van der Waals surface area contributed by atoms with Crippen LogP contribution in [0.15, 0.2) is 24.3 Å². The summed E-state index contributed by atoms with van der Waals surface area (Å²) in [5.41, 5.74) is 1.25. The Morgan fingerprint density at radius 2 is 1.77 bits per heavy atom. The van der Waals surface area contributed by atoms with Gasteiger partial charge in [-0.1, -0.05) is 37.6 Å². The summed E-state index contributed by atoms with van der Waals surface area (Å²) in [6, 6.07) is 8.04. The van der Waals surface area contributed by atoms with Gasteiger partial charge in [-0.3, -0.25) is 14.6 Å². The van der Waals surface area contributed by atoms with Crippen LogP contribution in [0.1, 0.15) is 25.6 Å². The molecule has 4 bridgehead atoms. The van der Waals surface area contributed by atoms with Gasteiger partial charge < -0.3 is 4.74 Å². The molecule has 4 saturated heterocycles. The monoisotopic (exact) mass is 371 g/mol. The van der Waals surface area contributed by atoms with Crippen molar-refractivity contribution in [1.29, 1.82) is 0 Å². The van der Waals surface area contributed by atoms with E-state index in [9.17, 15) is 4.79 Å². The Hall–Kier alpha value is -1.69. The van der Waals surface area contributed by atoms with E-state index in [-0.39, 0.29) is 17.0 Å². The second-order valence-corrected chi connectivity index (χ2v) is 8.89. The summed E-state index contributed by atoms with van der Waals surface area (Å²) < 4.78 is 5.42. The minimum absolute atomic E-state index is 0.0832. The number of Topliss-reactive ketones (excluding diaryl/α,β-unsaturated/α-hetero) is 1. The molecular weight excluding hydrogens is 350 g/mol. The Balaban J connectivity index is 1.62. The van der Waals surface area contributed by atoms with Crippen LogP contribution >= 0.6 is 11.6 Å². The fourth-order valence-electron chi connectivity index (χ4n) is 5.50. The van der Waals surface area contributed by atoms with Gasteiger partial charge in [0.2, 0.25) is 0 Å². The largest absolute Gasteiger partial charge is 0.494 e. The predicted molar refractivity (Wildman–Crippen MR) is 100 cm³/mol. The highest BCUT2D eigenvalue weighted by Crippen LogP contribution is 2.52. The molecule has 4 aliphatic heterocycles. The number of pyridine rings is 1. The van der Waals surface area contributed by atoms with Crippen LogP contribution in [0.4, 0.5) is 0 Å². The quantitative estimate of drug-likeness (QED) is 0.759. The number of halogens is 1. The number of rotatable bonds is 2. The summed E-state index contributed by atoms with van der Waals surface area (Å²) in [5, 5.41) is 1.54. The number of benzene rings is 1. The van der Waals surface area contributed by atoms with Crippen LogP contribution in [0.2, 0.25) is 5.15 Å². The Morgan fingerprint density at radius 1 is 1.15 bits per heavy atom. The zero-order chi connectivity index (χ0) is 18.3. The molecule has 6 rings (SSSR count). The number of ether oxygens (including phenoxy) is 1. The first-order valence-electron chi connectivity index (χ1n) is 9.01. The van der Waals surface area contributed by atoms with Crippen LogP contribution in [0, 0.1) is 10.8 Å². The highest BCUT2D eigenvalue weighted by Gasteiger charge is 2.62. The van der Waals surface area contributed by atoms with E-state index in [1.807, 2.05) is 18.2 Å². The molecule has 0 spiro atoms. The highest BCUT2D eigenvalue weighted by molar-refractivity contribution is 6.30. The maximum Gasteiger partial charge on any atom is 0.149 e. The number of carbonyl (C=O) groups is 1. The lowest BCUT2D eigenvalue weighted by atomic mass is 9.62. The molecule has 0 atom stereocenters. The molecule has 5 heterocycles. The first kappa shape index (κ1) is 16.5. The number of piperidine rings is 2. The molecule has 1 aromatic carbocycles. The molecule has 0 aliphatic carbocycles. The standard InChI is InChI=1S/C20H22ClN3O2/c1-19-8-23-10-20(2,18(19)25)11-24(9-19)17(23)13-7-12-5-4-6-14(26-3)15(12)22-16(13)21/h4-7,17H,8-11H2,1-3H3. The number of hydrogen-bond donors (Lipinski definition) is 0. The van der Waals surface area contributed by atoms with E-state index >= 15 is 0 Å². The highest BCUT2D eigenvalue weighted by atomic mass is 35.5. The molecule has 2 aromatic rings. The number of nitrogens with zero attached hydrogens (tertiary/aromatic N) is 3. The van der Waals surface area contributed by atoms with E-state index in [0.29, 0.717) is 10.9 Å². The van der Waals surface area contributed by atoms with Crippen molar-refractivity contribution < 1.29 is 9.53 Å². The number of methoxy groups -OCH3 is 1. The number of fused-ring (bicyclic) bond motifs is 1. The molecule has 0 unspecified atom stereocenters. The summed E-state index contributed by atoms with van der Waals surface area (Å²) >= 11 is 6.64. The molecule has 136 valence electrons. The topological polar surface area (TPSA) is 45.7 Å². The Kier molecular flexibility index (Phi) is 3.29. The molecular formula is C20H22ClN3O2. The van der Waals surface area contributed by atoms with Crippen molar-refractivity contribution in [3.8, 4) is 5.75 Å². The van der Waals surface area contributed by atoms with Gasteiger partial charge in [0.25, 0.3) is 0 Å². The molecule has 5 nitrogen and oxygen atoms in total. The zero-order valence-corrected chi connectivity index (χ0v) is 16.0. The van der Waals surface area contributed by atoms with Crippen molar-refractivity contribution in [1.82, 2.24) is 14.8 Å². The van der Waals surface area contributed by atoms with E-state index < -0.39 is 0 Å². The van der Waals surface area contributed by atoms with Gasteiger partial charge in [0, 0.05) is 37.1 Å². The normalized spacial score (nSPS) is 38.2. The summed E-state index contributed by atoms with van der Waals surface area (Å²) in [4.78, 5) is 22.3. The van der Waals surface area contributed by atoms with E-state index in [1.54, 1.807) is 7.11 Å². The lowest BCUT2D eigenvalue weighted by molar-refractivity contribution is -0.197.